The number of halogens is 3. The second-order valence-electron chi connectivity index (χ2n) is 5.85. The Labute approximate surface area is 156 Å². The average Bonchev–Trinajstić information content (AvgIpc) is 3.07. The summed E-state index contributed by atoms with van der Waals surface area (Å²) in [4.78, 5) is 32.2. The highest BCUT2D eigenvalue weighted by atomic mass is 19.4. The Hall–Kier alpha value is -3.50. The summed E-state index contributed by atoms with van der Waals surface area (Å²) in [5.41, 5.74) is -0.0111. The SMILES string of the molecule is Cc1ccnc2nc(C(=O)O[C@H](C)C(=O)Nc3ccc(C(F)(F)F)cc3)nn12. The summed E-state index contributed by atoms with van der Waals surface area (Å²) in [6.45, 7) is 3.06. The van der Waals surface area contributed by atoms with E-state index in [1.807, 2.05) is 0 Å². The van der Waals surface area contributed by atoms with E-state index < -0.39 is 29.7 Å². The molecule has 3 rings (SSSR count). The first-order chi connectivity index (χ1) is 13.1. The molecule has 0 saturated heterocycles. The molecule has 1 amide bonds. The maximum Gasteiger partial charge on any atom is 0.416 e. The van der Waals surface area contributed by atoms with Gasteiger partial charge in [0.25, 0.3) is 17.5 Å². The number of carbonyl (C=O) groups is 2. The van der Waals surface area contributed by atoms with Crippen LogP contribution in [0.15, 0.2) is 36.5 Å². The number of nitrogens with one attached hydrogen (secondary N) is 1. The number of hydrogen-bond donors (Lipinski definition) is 1. The number of alkyl halides is 3. The summed E-state index contributed by atoms with van der Waals surface area (Å²) in [6.07, 6.45) is -4.19. The summed E-state index contributed by atoms with van der Waals surface area (Å²) < 4.78 is 44.0. The van der Waals surface area contributed by atoms with Crippen LogP contribution >= 0.6 is 0 Å². The molecule has 0 fully saturated rings. The molecule has 0 unspecified atom stereocenters. The first kappa shape index (κ1) is 19.3. The molecule has 0 aliphatic carbocycles. The zero-order valence-electron chi connectivity index (χ0n) is 14.7. The molecule has 3 aromatic rings. The van der Waals surface area contributed by atoms with Crippen LogP contribution in [-0.4, -0.2) is 37.6 Å². The highest BCUT2D eigenvalue weighted by molar-refractivity contribution is 5.96. The summed E-state index contributed by atoms with van der Waals surface area (Å²) >= 11 is 0. The Kier molecular flexibility index (Phi) is 4.99. The first-order valence-electron chi connectivity index (χ1n) is 8.02. The standard InChI is InChI=1S/C17H14F3N5O3/c1-9-7-8-21-16-23-13(24-25(9)16)15(27)28-10(2)14(26)22-12-5-3-11(4-6-12)17(18,19)20/h3-8,10H,1-2H3,(H,22,26)/t10-/m1/s1. The molecule has 0 aliphatic heterocycles. The molecule has 0 aliphatic rings. The molecular formula is C17H14F3N5O3. The van der Waals surface area contributed by atoms with Gasteiger partial charge in [0, 0.05) is 17.6 Å². The van der Waals surface area contributed by atoms with Crippen LogP contribution in [0.1, 0.15) is 28.8 Å². The van der Waals surface area contributed by atoms with Gasteiger partial charge in [-0.2, -0.15) is 18.2 Å². The smallest absolute Gasteiger partial charge is 0.416 e. The van der Waals surface area contributed by atoms with Crippen LogP contribution in [0.4, 0.5) is 18.9 Å². The molecule has 28 heavy (non-hydrogen) atoms. The first-order valence-corrected chi connectivity index (χ1v) is 8.02. The van der Waals surface area contributed by atoms with Crippen LogP contribution in [0.3, 0.4) is 0 Å². The van der Waals surface area contributed by atoms with Crippen molar-refractivity contribution in [2.24, 2.45) is 0 Å². The van der Waals surface area contributed by atoms with Crippen LogP contribution < -0.4 is 5.32 Å². The number of nitrogens with zero attached hydrogens (tertiary/aromatic N) is 4. The fraction of sp³-hybridized carbons (Fsp3) is 0.235. The zero-order chi connectivity index (χ0) is 20.5. The topological polar surface area (TPSA) is 98.5 Å². The number of fused-ring (bicyclic) bond motifs is 1. The molecule has 0 saturated carbocycles. The monoisotopic (exact) mass is 393 g/mol. The molecule has 1 atom stereocenters. The van der Waals surface area contributed by atoms with Crippen LogP contribution in [-0.2, 0) is 15.7 Å². The van der Waals surface area contributed by atoms with E-state index in [-0.39, 0.29) is 17.3 Å². The molecule has 2 heterocycles. The Morgan fingerprint density at radius 3 is 2.46 bits per heavy atom. The number of benzene rings is 1. The van der Waals surface area contributed by atoms with E-state index in [1.165, 1.54) is 17.6 Å². The van der Waals surface area contributed by atoms with Crippen molar-refractivity contribution in [3.63, 3.8) is 0 Å². The Morgan fingerprint density at radius 1 is 1.18 bits per heavy atom. The number of esters is 1. The van der Waals surface area contributed by atoms with E-state index in [0.29, 0.717) is 5.69 Å². The van der Waals surface area contributed by atoms with Gasteiger partial charge in [0.2, 0.25) is 0 Å². The van der Waals surface area contributed by atoms with Crippen LogP contribution in [0.2, 0.25) is 0 Å². The van der Waals surface area contributed by atoms with Gasteiger partial charge in [-0.1, -0.05) is 0 Å². The molecule has 11 heteroatoms. The van der Waals surface area contributed by atoms with Crippen molar-refractivity contribution in [1.29, 1.82) is 0 Å². The summed E-state index contributed by atoms with van der Waals surface area (Å²) in [5.74, 6) is -1.71. The molecule has 1 aromatic carbocycles. The maximum absolute atomic E-state index is 12.6. The largest absolute Gasteiger partial charge is 0.447 e. The van der Waals surface area contributed by atoms with Gasteiger partial charge < -0.3 is 10.1 Å². The zero-order valence-corrected chi connectivity index (χ0v) is 14.7. The van der Waals surface area contributed by atoms with Crippen LogP contribution in [0.25, 0.3) is 5.78 Å². The number of aryl methyl sites for hydroxylation is 1. The lowest BCUT2D eigenvalue weighted by Gasteiger charge is -2.13. The number of amides is 1. The summed E-state index contributed by atoms with van der Waals surface area (Å²) in [7, 11) is 0. The number of carbonyl (C=O) groups excluding carboxylic acids is 2. The third-order valence-corrected chi connectivity index (χ3v) is 3.75. The number of ether oxygens (including phenoxy) is 1. The fourth-order valence-corrected chi connectivity index (χ4v) is 2.25. The predicted molar refractivity (Wildman–Crippen MR) is 90.5 cm³/mol. The van der Waals surface area contributed by atoms with Crippen molar-refractivity contribution in [1.82, 2.24) is 19.6 Å². The van der Waals surface area contributed by atoms with E-state index >= 15 is 0 Å². The van der Waals surface area contributed by atoms with E-state index in [2.05, 4.69) is 20.4 Å². The van der Waals surface area contributed by atoms with E-state index in [9.17, 15) is 22.8 Å². The Bertz CT molecular complexity index is 1030. The van der Waals surface area contributed by atoms with Crippen molar-refractivity contribution in [2.45, 2.75) is 26.1 Å². The number of hydrogen-bond acceptors (Lipinski definition) is 6. The highest BCUT2D eigenvalue weighted by Gasteiger charge is 2.30. The lowest BCUT2D eigenvalue weighted by Crippen LogP contribution is -2.30. The lowest BCUT2D eigenvalue weighted by molar-refractivity contribution is -0.137. The Balaban J connectivity index is 1.64. The van der Waals surface area contributed by atoms with Crippen molar-refractivity contribution in [3.05, 3.63) is 53.6 Å². The second-order valence-corrected chi connectivity index (χ2v) is 5.85. The average molecular weight is 393 g/mol. The van der Waals surface area contributed by atoms with Crippen molar-refractivity contribution >= 4 is 23.3 Å². The molecule has 1 N–H and O–H groups in total. The highest BCUT2D eigenvalue weighted by Crippen LogP contribution is 2.29. The third kappa shape index (κ3) is 4.08. The van der Waals surface area contributed by atoms with Gasteiger partial charge in [0.05, 0.1) is 5.56 Å². The van der Waals surface area contributed by atoms with Gasteiger partial charge in [0.1, 0.15) is 0 Å². The molecular weight excluding hydrogens is 379 g/mol. The number of rotatable bonds is 4. The van der Waals surface area contributed by atoms with Gasteiger partial charge in [-0.05, 0) is 44.2 Å². The number of anilines is 1. The third-order valence-electron chi connectivity index (χ3n) is 3.75. The van der Waals surface area contributed by atoms with Crippen molar-refractivity contribution < 1.29 is 27.5 Å². The molecule has 0 spiro atoms. The quantitative estimate of drug-likeness (QED) is 0.685. The van der Waals surface area contributed by atoms with Crippen LogP contribution in [0.5, 0.6) is 0 Å². The van der Waals surface area contributed by atoms with Gasteiger partial charge >= 0.3 is 12.1 Å². The molecule has 2 aromatic heterocycles. The minimum Gasteiger partial charge on any atom is -0.447 e. The molecule has 8 nitrogen and oxygen atoms in total. The minimum atomic E-state index is -4.47. The maximum atomic E-state index is 12.6. The van der Waals surface area contributed by atoms with E-state index in [1.54, 1.807) is 13.0 Å². The van der Waals surface area contributed by atoms with E-state index in [4.69, 9.17) is 4.74 Å². The normalized spacial score (nSPS) is 12.6. The Morgan fingerprint density at radius 2 is 1.86 bits per heavy atom. The number of aromatic nitrogens is 4. The summed E-state index contributed by atoms with van der Waals surface area (Å²) in [6, 6.07) is 5.56. The molecule has 0 radical (unpaired) electrons. The van der Waals surface area contributed by atoms with Gasteiger partial charge in [-0.15, -0.1) is 5.10 Å². The predicted octanol–water partition coefficient (Wildman–Crippen LogP) is 2.64. The molecule has 146 valence electrons. The fourth-order valence-electron chi connectivity index (χ4n) is 2.25. The van der Waals surface area contributed by atoms with Gasteiger partial charge in [-0.3, -0.25) is 4.79 Å². The van der Waals surface area contributed by atoms with Crippen LogP contribution in [0, 0.1) is 6.92 Å². The summed E-state index contributed by atoms with van der Waals surface area (Å²) in [5, 5.41) is 6.34. The van der Waals surface area contributed by atoms with Crippen molar-refractivity contribution in [2.75, 3.05) is 5.32 Å². The van der Waals surface area contributed by atoms with Crippen molar-refractivity contribution in [3.8, 4) is 0 Å². The lowest BCUT2D eigenvalue weighted by atomic mass is 10.2. The second kappa shape index (κ2) is 7.25. The van der Waals surface area contributed by atoms with E-state index in [0.717, 1.165) is 24.3 Å². The molecule has 0 bridgehead atoms. The van der Waals surface area contributed by atoms with Gasteiger partial charge in [0.15, 0.2) is 6.10 Å². The van der Waals surface area contributed by atoms with Gasteiger partial charge in [-0.25, -0.2) is 14.3 Å². The minimum absolute atomic E-state index is 0.131.